The van der Waals surface area contributed by atoms with Crippen molar-refractivity contribution in [3.05, 3.63) is 65.0 Å². The van der Waals surface area contributed by atoms with E-state index in [2.05, 4.69) is 21.7 Å². The molecule has 0 atom stereocenters. The maximum absolute atomic E-state index is 13.0. The van der Waals surface area contributed by atoms with E-state index in [0.29, 0.717) is 32.3 Å². The van der Waals surface area contributed by atoms with Crippen LogP contribution in [0.1, 0.15) is 23.6 Å². The summed E-state index contributed by atoms with van der Waals surface area (Å²) in [7, 11) is 1.66. The molecule has 2 aromatic rings. The van der Waals surface area contributed by atoms with E-state index in [1.54, 1.807) is 19.2 Å². The van der Waals surface area contributed by atoms with Crippen molar-refractivity contribution >= 4 is 5.96 Å². The van der Waals surface area contributed by atoms with Crippen LogP contribution in [0.4, 0.5) is 4.39 Å². The minimum absolute atomic E-state index is 0.242. The van der Waals surface area contributed by atoms with Crippen LogP contribution >= 0.6 is 0 Å². The van der Waals surface area contributed by atoms with Crippen molar-refractivity contribution < 1.29 is 13.9 Å². The lowest BCUT2D eigenvalue weighted by Crippen LogP contribution is -2.36. The third kappa shape index (κ3) is 7.27. The van der Waals surface area contributed by atoms with E-state index in [1.165, 1.54) is 12.1 Å². The molecule has 0 aliphatic rings. The second-order valence-electron chi connectivity index (χ2n) is 6.13. The minimum atomic E-state index is -0.242. The van der Waals surface area contributed by atoms with E-state index in [4.69, 9.17) is 9.47 Å². The third-order valence-electron chi connectivity index (χ3n) is 3.89. The van der Waals surface area contributed by atoms with Gasteiger partial charge in [0.25, 0.3) is 0 Å². The molecule has 27 heavy (non-hydrogen) atoms. The fraction of sp³-hybridized carbons (Fsp3) is 0.381. The van der Waals surface area contributed by atoms with E-state index in [-0.39, 0.29) is 5.82 Å². The van der Waals surface area contributed by atoms with Crippen LogP contribution in [0.5, 0.6) is 5.75 Å². The molecule has 0 amide bonds. The van der Waals surface area contributed by atoms with Gasteiger partial charge in [-0.15, -0.1) is 0 Å². The Kier molecular flexibility index (Phi) is 8.58. The summed E-state index contributed by atoms with van der Waals surface area (Å²) < 4.78 is 23.9. The quantitative estimate of drug-likeness (QED) is 0.402. The number of halogens is 1. The number of aliphatic imine (C=N–C) groups is 1. The van der Waals surface area contributed by atoms with Gasteiger partial charge in [0.2, 0.25) is 0 Å². The van der Waals surface area contributed by atoms with Gasteiger partial charge in [-0.2, -0.15) is 0 Å². The second-order valence-corrected chi connectivity index (χ2v) is 6.13. The summed E-state index contributed by atoms with van der Waals surface area (Å²) in [5.41, 5.74) is 3.14. The highest BCUT2D eigenvalue weighted by Gasteiger charge is 2.06. The van der Waals surface area contributed by atoms with Crippen molar-refractivity contribution in [1.29, 1.82) is 0 Å². The summed E-state index contributed by atoms with van der Waals surface area (Å²) >= 11 is 0. The van der Waals surface area contributed by atoms with Crippen LogP contribution in [0.15, 0.2) is 47.5 Å². The van der Waals surface area contributed by atoms with Gasteiger partial charge in [-0.3, -0.25) is 0 Å². The fourth-order valence-electron chi connectivity index (χ4n) is 2.46. The van der Waals surface area contributed by atoms with Gasteiger partial charge < -0.3 is 20.1 Å². The molecule has 146 valence electrons. The number of ether oxygens (including phenoxy) is 2. The number of guanidine groups is 1. The molecular formula is C21H28FN3O2. The molecule has 2 rings (SSSR count). The maximum atomic E-state index is 13.0. The van der Waals surface area contributed by atoms with E-state index in [0.717, 1.165) is 29.0 Å². The Labute approximate surface area is 160 Å². The van der Waals surface area contributed by atoms with Gasteiger partial charge in [-0.25, -0.2) is 9.38 Å². The van der Waals surface area contributed by atoms with Crippen LogP contribution in [0.3, 0.4) is 0 Å². The van der Waals surface area contributed by atoms with Crippen molar-refractivity contribution in [3.63, 3.8) is 0 Å². The third-order valence-corrected chi connectivity index (χ3v) is 3.89. The summed E-state index contributed by atoms with van der Waals surface area (Å²) in [4.78, 5) is 4.56. The Bertz CT molecular complexity index is 733. The smallest absolute Gasteiger partial charge is 0.191 e. The standard InChI is InChI=1S/C21H28FN3O2/c1-4-23-21(24-14-17-6-9-19(22)10-7-17)25-15-18-8-5-16(2)13-20(18)27-12-11-26-3/h5-10,13H,4,11-12,14-15H2,1-3H3,(H2,23,24,25). The van der Waals surface area contributed by atoms with Gasteiger partial charge in [-0.1, -0.05) is 24.3 Å². The highest BCUT2D eigenvalue weighted by molar-refractivity contribution is 5.79. The number of benzene rings is 2. The van der Waals surface area contributed by atoms with Crippen LogP contribution < -0.4 is 15.4 Å². The zero-order chi connectivity index (χ0) is 19.5. The first-order chi connectivity index (χ1) is 13.1. The number of hydrogen-bond donors (Lipinski definition) is 2. The first-order valence-corrected chi connectivity index (χ1v) is 9.10. The molecule has 0 spiro atoms. The zero-order valence-electron chi connectivity index (χ0n) is 16.2. The van der Waals surface area contributed by atoms with Gasteiger partial charge in [0.1, 0.15) is 18.2 Å². The van der Waals surface area contributed by atoms with E-state index < -0.39 is 0 Å². The molecule has 5 nitrogen and oxygen atoms in total. The number of methoxy groups -OCH3 is 1. The van der Waals surface area contributed by atoms with Gasteiger partial charge in [0.05, 0.1) is 13.2 Å². The van der Waals surface area contributed by atoms with Crippen LogP contribution in [0.25, 0.3) is 0 Å². The number of aryl methyl sites for hydroxylation is 1. The van der Waals surface area contributed by atoms with Gasteiger partial charge in [0.15, 0.2) is 5.96 Å². The summed E-state index contributed by atoms with van der Waals surface area (Å²) in [6, 6.07) is 12.5. The van der Waals surface area contributed by atoms with Gasteiger partial charge in [-0.05, 0) is 43.2 Å². The highest BCUT2D eigenvalue weighted by Crippen LogP contribution is 2.20. The van der Waals surface area contributed by atoms with Crippen molar-refractivity contribution in [2.24, 2.45) is 4.99 Å². The Balaban J connectivity index is 2.02. The lowest BCUT2D eigenvalue weighted by atomic mass is 10.1. The SMILES string of the molecule is CCNC(=NCc1ccc(F)cc1)NCc1ccc(C)cc1OCCOC. The van der Waals surface area contributed by atoms with E-state index in [1.807, 2.05) is 26.0 Å². The van der Waals surface area contributed by atoms with Crippen LogP contribution in [-0.4, -0.2) is 32.8 Å². The molecule has 0 fully saturated rings. The average molecular weight is 373 g/mol. The lowest BCUT2D eigenvalue weighted by molar-refractivity contribution is 0.145. The minimum Gasteiger partial charge on any atom is -0.491 e. The summed E-state index contributed by atoms with van der Waals surface area (Å²) in [6.07, 6.45) is 0. The Morgan fingerprint density at radius 3 is 2.56 bits per heavy atom. The molecule has 0 aliphatic heterocycles. The number of nitrogens with one attached hydrogen (secondary N) is 2. The molecular weight excluding hydrogens is 345 g/mol. The predicted octanol–water partition coefficient (Wildman–Crippen LogP) is 3.41. The normalized spacial score (nSPS) is 11.3. The largest absolute Gasteiger partial charge is 0.491 e. The highest BCUT2D eigenvalue weighted by atomic mass is 19.1. The second kappa shape index (κ2) is 11.2. The summed E-state index contributed by atoms with van der Waals surface area (Å²) in [5, 5.41) is 6.54. The fourth-order valence-corrected chi connectivity index (χ4v) is 2.46. The predicted molar refractivity (Wildman–Crippen MR) is 107 cm³/mol. The van der Waals surface area contributed by atoms with E-state index in [9.17, 15) is 4.39 Å². The molecule has 0 saturated carbocycles. The van der Waals surface area contributed by atoms with Crippen LogP contribution in [0, 0.1) is 12.7 Å². The van der Waals surface area contributed by atoms with Crippen LogP contribution in [-0.2, 0) is 17.8 Å². The summed E-state index contributed by atoms with van der Waals surface area (Å²) in [6.45, 7) is 6.90. The molecule has 2 aromatic carbocycles. The molecule has 0 bridgehead atoms. The number of hydrogen-bond acceptors (Lipinski definition) is 3. The molecule has 0 unspecified atom stereocenters. The zero-order valence-corrected chi connectivity index (χ0v) is 16.2. The van der Waals surface area contributed by atoms with Crippen LogP contribution in [0.2, 0.25) is 0 Å². The number of rotatable bonds is 9. The van der Waals surface area contributed by atoms with Gasteiger partial charge in [0, 0.05) is 25.8 Å². The monoisotopic (exact) mass is 373 g/mol. The number of nitrogens with zero attached hydrogens (tertiary/aromatic N) is 1. The van der Waals surface area contributed by atoms with Crippen molar-refractivity contribution in [2.75, 3.05) is 26.9 Å². The Hall–Kier alpha value is -2.60. The van der Waals surface area contributed by atoms with Crippen molar-refractivity contribution in [1.82, 2.24) is 10.6 Å². The first-order valence-electron chi connectivity index (χ1n) is 9.10. The van der Waals surface area contributed by atoms with Gasteiger partial charge >= 0.3 is 0 Å². The Morgan fingerprint density at radius 1 is 1.07 bits per heavy atom. The topological polar surface area (TPSA) is 54.9 Å². The molecule has 0 saturated heterocycles. The molecule has 0 aromatic heterocycles. The molecule has 2 N–H and O–H groups in total. The lowest BCUT2D eigenvalue weighted by Gasteiger charge is -2.15. The molecule has 0 heterocycles. The Morgan fingerprint density at radius 2 is 1.85 bits per heavy atom. The van der Waals surface area contributed by atoms with E-state index >= 15 is 0 Å². The first kappa shape index (κ1) is 20.7. The average Bonchev–Trinajstić information content (AvgIpc) is 2.66. The molecule has 0 aliphatic carbocycles. The van der Waals surface area contributed by atoms with Crippen molar-refractivity contribution in [2.45, 2.75) is 26.9 Å². The maximum Gasteiger partial charge on any atom is 0.191 e. The molecule has 6 heteroatoms. The summed E-state index contributed by atoms with van der Waals surface area (Å²) in [5.74, 6) is 1.30. The molecule has 0 radical (unpaired) electrons. The van der Waals surface area contributed by atoms with Crippen molar-refractivity contribution in [3.8, 4) is 5.75 Å².